The molecule has 1 unspecified atom stereocenters. The second-order valence-corrected chi connectivity index (χ2v) is 8.92. The zero-order valence-electron chi connectivity index (χ0n) is 20.1. The van der Waals surface area contributed by atoms with E-state index in [4.69, 9.17) is 4.74 Å². The number of nitrogens with zero attached hydrogens (tertiary/aromatic N) is 7. The van der Waals surface area contributed by atoms with Crippen LogP contribution in [0, 0.1) is 11.7 Å². The Balaban J connectivity index is 1.16. The molecule has 2 amide bonds. The summed E-state index contributed by atoms with van der Waals surface area (Å²) in [6.07, 6.45) is 0.145. The van der Waals surface area contributed by atoms with Crippen LogP contribution in [0.5, 0.6) is 5.75 Å². The molecule has 10 nitrogen and oxygen atoms in total. The molecule has 1 aromatic heterocycles. The van der Waals surface area contributed by atoms with Crippen molar-refractivity contribution in [2.75, 3.05) is 44.2 Å². The van der Waals surface area contributed by atoms with E-state index in [1.165, 1.54) is 17.0 Å². The van der Waals surface area contributed by atoms with Crippen molar-refractivity contribution >= 4 is 17.5 Å². The van der Waals surface area contributed by atoms with Crippen LogP contribution in [0.25, 0.3) is 5.69 Å². The molecule has 0 aliphatic carbocycles. The van der Waals surface area contributed by atoms with E-state index in [1.807, 2.05) is 36.1 Å². The highest BCUT2D eigenvalue weighted by atomic mass is 19.1. The first-order chi connectivity index (χ1) is 17.5. The topological polar surface area (TPSA) is 96.7 Å². The third-order valence-electron chi connectivity index (χ3n) is 6.57. The van der Waals surface area contributed by atoms with E-state index in [1.54, 1.807) is 16.8 Å². The first-order valence-electron chi connectivity index (χ1n) is 12.1. The smallest absolute Gasteiger partial charge is 0.228 e. The zero-order valence-corrected chi connectivity index (χ0v) is 20.1. The van der Waals surface area contributed by atoms with Gasteiger partial charge in [0.25, 0.3) is 0 Å². The Morgan fingerprint density at radius 1 is 1.08 bits per heavy atom. The van der Waals surface area contributed by atoms with E-state index in [0.717, 1.165) is 11.4 Å². The lowest BCUT2D eigenvalue weighted by molar-refractivity contribution is -0.137. The van der Waals surface area contributed by atoms with E-state index in [9.17, 15) is 14.0 Å². The van der Waals surface area contributed by atoms with Gasteiger partial charge in [-0.05, 0) is 59.8 Å². The molecule has 3 heterocycles. The van der Waals surface area contributed by atoms with Gasteiger partial charge in [0.05, 0.1) is 24.8 Å². The third kappa shape index (κ3) is 5.06. The molecule has 2 fully saturated rings. The second-order valence-electron chi connectivity index (χ2n) is 8.92. The minimum absolute atomic E-state index is 0.0267. The maximum atomic E-state index is 13.6. The third-order valence-corrected chi connectivity index (χ3v) is 6.57. The van der Waals surface area contributed by atoms with Gasteiger partial charge in [-0.3, -0.25) is 14.5 Å². The van der Waals surface area contributed by atoms with E-state index in [2.05, 4.69) is 20.4 Å². The fourth-order valence-electron chi connectivity index (χ4n) is 4.71. The molecule has 0 bridgehead atoms. The Morgan fingerprint density at radius 2 is 1.86 bits per heavy atom. The van der Waals surface area contributed by atoms with Crippen molar-refractivity contribution in [1.82, 2.24) is 30.0 Å². The summed E-state index contributed by atoms with van der Waals surface area (Å²) in [5.74, 6) is 0.504. The molecule has 188 valence electrons. The number of rotatable bonds is 7. The largest absolute Gasteiger partial charge is 0.494 e. The van der Waals surface area contributed by atoms with Gasteiger partial charge in [-0.15, -0.1) is 5.10 Å². The average Bonchev–Trinajstić information content (AvgIpc) is 3.51. The van der Waals surface area contributed by atoms with Crippen molar-refractivity contribution in [2.24, 2.45) is 5.92 Å². The molecular formula is C25H28FN7O3. The predicted octanol–water partition coefficient (Wildman–Crippen LogP) is 1.90. The minimum Gasteiger partial charge on any atom is -0.494 e. The minimum atomic E-state index is -0.417. The van der Waals surface area contributed by atoms with E-state index in [-0.39, 0.29) is 24.8 Å². The number of halogens is 1. The highest BCUT2D eigenvalue weighted by Crippen LogP contribution is 2.27. The van der Waals surface area contributed by atoms with E-state index in [0.29, 0.717) is 50.8 Å². The first-order valence-corrected chi connectivity index (χ1v) is 12.1. The van der Waals surface area contributed by atoms with Gasteiger partial charge in [0.1, 0.15) is 11.6 Å². The van der Waals surface area contributed by atoms with E-state index < -0.39 is 11.7 Å². The summed E-state index contributed by atoms with van der Waals surface area (Å²) >= 11 is 0. The normalized spacial score (nSPS) is 18.6. The van der Waals surface area contributed by atoms with Crippen LogP contribution in [0.2, 0.25) is 0 Å². The van der Waals surface area contributed by atoms with E-state index >= 15 is 0 Å². The standard InChI is InChI=1S/C25H28FN7O3/c1-2-36-22-8-6-20(7-9-22)33-23(27-28-29-33)17-30-10-12-31(13-11-30)25(35)18-14-24(34)32(16-18)21-5-3-4-19(26)15-21/h3-9,15,18H,2,10-14,16-17H2,1H3. The summed E-state index contributed by atoms with van der Waals surface area (Å²) in [5.41, 5.74) is 1.34. The van der Waals surface area contributed by atoms with Crippen molar-refractivity contribution in [1.29, 1.82) is 0 Å². The molecular weight excluding hydrogens is 465 g/mol. The number of ether oxygens (including phenoxy) is 1. The van der Waals surface area contributed by atoms with Crippen molar-refractivity contribution in [3.05, 3.63) is 60.2 Å². The Kier molecular flexibility index (Phi) is 6.90. The quantitative estimate of drug-likeness (QED) is 0.496. The van der Waals surface area contributed by atoms with Crippen molar-refractivity contribution < 1.29 is 18.7 Å². The maximum absolute atomic E-state index is 13.6. The summed E-state index contributed by atoms with van der Waals surface area (Å²) in [5, 5.41) is 12.2. The summed E-state index contributed by atoms with van der Waals surface area (Å²) in [6.45, 7) is 5.85. The van der Waals surface area contributed by atoms with Gasteiger partial charge in [-0.2, -0.15) is 4.68 Å². The van der Waals surface area contributed by atoms with Crippen LogP contribution < -0.4 is 9.64 Å². The number of amides is 2. The summed E-state index contributed by atoms with van der Waals surface area (Å²) < 4.78 is 20.8. The number of piperazine rings is 1. The molecule has 1 atom stereocenters. The van der Waals surface area contributed by atoms with Crippen LogP contribution in [-0.2, 0) is 16.1 Å². The molecule has 11 heteroatoms. The lowest BCUT2D eigenvalue weighted by Crippen LogP contribution is -2.50. The molecule has 2 aliphatic heterocycles. The number of benzene rings is 2. The second kappa shape index (κ2) is 10.4. The number of hydrogen-bond acceptors (Lipinski definition) is 7. The van der Waals surface area contributed by atoms with Crippen LogP contribution in [0.3, 0.4) is 0 Å². The Hall–Kier alpha value is -3.86. The number of aromatic nitrogens is 4. The number of carbonyl (C=O) groups excluding carboxylic acids is 2. The zero-order chi connectivity index (χ0) is 25.1. The number of anilines is 1. The Morgan fingerprint density at radius 3 is 2.58 bits per heavy atom. The average molecular weight is 494 g/mol. The lowest BCUT2D eigenvalue weighted by Gasteiger charge is -2.35. The maximum Gasteiger partial charge on any atom is 0.228 e. The van der Waals surface area contributed by atoms with Crippen LogP contribution in [0.1, 0.15) is 19.2 Å². The van der Waals surface area contributed by atoms with Crippen molar-refractivity contribution in [2.45, 2.75) is 19.9 Å². The molecule has 5 rings (SSSR count). The predicted molar refractivity (Wildman–Crippen MR) is 129 cm³/mol. The highest BCUT2D eigenvalue weighted by Gasteiger charge is 2.38. The Labute approximate surface area is 208 Å². The highest BCUT2D eigenvalue weighted by molar-refractivity contribution is 6.00. The van der Waals surface area contributed by atoms with Crippen LogP contribution in [0.15, 0.2) is 48.5 Å². The van der Waals surface area contributed by atoms with Gasteiger partial charge in [0.15, 0.2) is 5.82 Å². The fourth-order valence-corrected chi connectivity index (χ4v) is 4.71. The Bertz CT molecular complexity index is 1220. The molecule has 3 aromatic rings. The summed E-state index contributed by atoms with van der Waals surface area (Å²) in [6, 6.07) is 13.5. The van der Waals surface area contributed by atoms with Gasteiger partial charge in [0.2, 0.25) is 11.8 Å². The molecule has 2 aliphatic rings. The van der Waals surface area contributed by atoms with Gasteiger partial charge >= 0.3 is 0 Å². The molecule has 0 radical (unpaired) electrons. The van der Waals surface area contributed by atoms with Gasteiger partial charge in [0, 0.05) is 44.8 Å². The summed E-state index contributed by atoms with van der Waals surface area (Å²) in [4.78, 5) is 31.2. The lowest BCUT2D eigenvalue weighted by atomic mass is 10.1. The van der Waals surface area contributed by atoms with Crippen molar-refractivity contribution in [3.8, 4) is 11.4 Å². The molecule has 36 heavy (non-hydrogen) atoms. The molecule has 0 N–H and O–H groups in total. The molecule has 0 spiro atoms. The summed E-state index contributed by atoms with van der Waals surface area (Å²) in [7, 11) is 0. The molecule has 2 saturated heterocycles. The van der Waals surface area contributed by atoms with Crippen molar-refractivity contribution in [3.63, 3.8) is 0 Å². The SMILES string of the molecule is CCOc1ccc(-n2nnnc2CN2CCN(C(=O)C3CC(=O)N(c4cccc(F)c4)C3)CC2)cc1. The van der Waals surface area contributed by atoms with Crippen LogP contribution in [0.4, 0.5) is 10.1 Å². The number of hydrogen-bond donors (Lipinski definition) is 0. The molecule has 0 saturated carbocycles. The van der Waals surface area contributed by atoms with Crippen LogP contribution in [-0.4, -0.2) is 81.2 Å². The number of tetrazole rings is 1. The van der Waals surface area contributed by atoms with Crippen LogP contribution >= 0.6 is 0 Å². The van der Waals surface area contributed by atoms with Gasteiger partial charge < -0.3 is 14.5 Å². The monoisotopic (exact) mass is 493 g/mol. The first kappa shape index (κ1) is 23.9. The fraction of sp³-hybridized carbons (Fsp3) is 0.400. The van der Waals surface area contributed by atoms with Gasteiger partial charge in [-0.25, -0.2) is 4.39 Å². The van der Waals surface area contributed by atoms with Gasteiger partial charge in [-0.1, -0.05) is 6.07 Å². The number of carbonyl (C=O) groups is 2. The molecule has 2 aromatic carbocycles.